The van der Waals surface area contributed by atoms with Gasteiger partial charge in [-0.15, -0.1) is 46.2 Å². The second-order valence-corrected chi connectivity index (χ2v) is 5.73. The number of allylic oxidation sites excluding steroid dienone is 4. The Kier molecular flexibility index (Phi) is 12.2. The Bertz CT molecular complexity index is 765. The molecule has 0 fully saturated rings. The molecule has 0 aromatic heterocycles. The van der Waals surface area contributed by atoms with Crippen LogP contribution in [-0.4, -0.2) is 0 Å². The average molecular weight is 536 g/mol. The monoisotopic (exact) mass is 536 g/mol. The number of benzene rings is 2. The maximum absolute atomic E-state index is 3.30. The minimum Gasteiger partial charge on any atom is -1.00 e. The summed E-state index contributed by atoms with van der Waals surface area (Å²) in [6, 6.07) is 19.3. The van der Waals surface area contributed by atoms with Crippen LogP contribution in [0.5, 0.6) is 0 Å². The minimum atomic E-state index is 0. The van der Waals surface area contributed by atoms with Crippen LogP contribution in [0.15, 0.2) is 72.3 Å². The molecule has 0 heterocycles. The fourth-order valence-corrected chi connectivity index (χ4v) is 2.89. The van der Waals surface area contributed by atoms with E-state index in [4.69, 9.17) is 0 Å². The van der Waals surface area contributed by atoms with Crippen molar-refractivity contribution in [3.63, 3.8) is 0 Å². The molecule has 0 bridgehead atoms. The average Bonchev–Trinajstić information content (AvgIpc) is 3.21. The SMILES string of the molecule is CCCCC1=[C-]CC=C1.[Cl-].[Cl-].[Hf+4].c1ccc2c(c1)[cH-]c1ccccc12. The van der Waals surface area contributed by atoms with Gasteiger partial charge in [-0.1, -0.05) is 62.6 Å². The van der Waals surface area contributed by atoms with E-state index in [0.29, 0.717) is 0 Å². The predicted octanol–water partition coefficient (Wildman–Crippen LogP) is 0.583. The number of hydrogen-bond donors (Lipinski definition) is 0. The molecule has 0 atom stereocenters. The van der Waals surface area contributed by atoms with Gasteiger partial charge in [0.05, 0.1) is 0 Å². The molecule has 0 spiro atoms. The maximum atomic E-state index is 3.30. The Hall–Kier alpha value is -0.760. The molecule has 1 aliphatic carbocycles. The van der Waals surface area contributed by atoms with Crippen molar-refractivity contribution >= 4 is 21.5 Å². The topological polar surface area (TPSA) is 0 Å². The van der Waals surface area contributed by atoms with E-state index in [-0.39, 0.29) is 50.7 Å². The minimum absolute atomic E-state index is 0. The first-order valence-electron chi connectivity index (χ1n) is 8.18. The van der Waals surface area contributed by atoms with E-state index in [1.165, 1.54) is 46.4 Å². The second kappa shape index (κ2) is 12.6. The smallest absolute Gasteiger partial charge is 1.00 e. The van der Waals surface area contributed by atoms with Crippen LogP contribution >= 0.6 is 0 Å². The molecule has 0 unspecified atom stereocenters. The first kappa shape index (κ1) is 24.2. The zero-order chi connectivity index (χ0) is 15.2. The number of fused-ring (bicyclic) bond motifs is 3. The molecule has 25 heavy (non-hydrogen) atoms. The molecule has 3 aromatic rings. The Morgan fingerprint density at radius 3 is 1.96 bits per heavy atom. The quantitative estimate of drug-likeness (QED) is 0.340. The van der Waals surface area contributed by atoms with E-state index in [1.807, 2.05) is 0 Å². The van der Waals surface area contributed by atoms with Gasteiger partial charge in [0.25, 0.3) is 0 Å². The van der Waals surface area contributed by atoms with E-state index in [1.54, 1.807) is 0 Å². The third kappa shape index (κ3) is 6.47. The zero-order valence-electron chi connectivity index (χ0n) is 14.4. The number of unbranched alkanes of at least 4 members (excludes halogenated alkanes) is 1. The molecule has 0 amide bonds. The summed E-state index contributed by atoms with van der Waals surface area (Å²) < 4.78 is 0. The van der Waals surface area contributed by atoms with Crippen molar-refractivity contribution in [2.75, 3.05) is 0 Å². The van der Waals surface area contributed by atoms with Gasteiger partial charge in [0, 0.05) is 0 Å². The van der Waals surface area contributed by atoms with Gasteiger partial charge in [-0.05, 0) is 0 Å². The molecule has 4 rings (SSSR count). The van der Waals surface area contributed by atoms with Gasteiger partial charge in [0.2, 0.25) is 0 Å². The molecule has 0 aliphatic heterocycles. The zero-order valence-corrected chi connectivity index (χ0v) is 19.5. The van der Waals surface area contributed by atoms with Crippen molar-refractivity contribution in [1.82, 2.24) is 0 Å². The summed E-state index contributed by atoms with van der Waals surface area (Å²) in [5.74, 6) is 0. The number of hydrogen-bond acceptors (Lipinski definition) is 0. The van der Waals surface area contributed by atoms with Crippen molar-refractivity contribution in [3.05, 3.63) is 78.4 Å². The molecule has 0 nitrogen and oxygen atoms in total. The van der Waals surface area contributed by atoms with Gasteiger partial charge in [-0.2, -0.15) is 6.08 Å². The molecule has 0 saturated carbocycles. The summed E-state index contributed by atoms with van der Waals surface area (Å²) in [5.41, 5.74) is 1.41. The van der Waals surface area contributed by atoms with Crippen molar-refractivity contribution < 1.29 is 50.7 Å². The third-order valence-corrected chi connectivity index (χ3v) is 4.09. The van der Waals surface area contributed by atoms with Gasteiger partial charge in [-0.25, -0.2) is 11.6 Å². The summed E-state index contributed by atoms with van der Waals surface area (Å²) in [5, 5.41) is 5.39. The van der Waals surface area contributed by atoms with Gasteiger partial charge < -0.3 is 24.8 Å². The standard InChI is InChI=1S/C13H9.C9H13.2ClH.Hf/c1-3-7-12-10(5-1)9-11-6-2-4-8-13(11)12;1-2-3-6-9-7-4-5-8-9;;;/h1-9H;4,7H,2-3,5-6H2,1H3;2*1H;/q2*-1;;;+4/p-2. The fourth-order valence-electron chi connectivity index (χ4n) is 2.89. The molecule has 1 aliphatic rings. The number of rotatable bonds is 3. The Labute approximate surface area is 182 Å². The first-order chi connectivity index (χ1) is 10.9. The predicted molar refractivity (Wildman–Crippen MR) is 97.1 cm³/mol. The van der Waals surface area contributed by atoms with E-state index in [0.717, 1.165) is 6.42 Å². The first-order valence-corrected chi connectivity index (χ1v) is 8.18. The van der Waals surface area contributed by atoms with Crippen LogP contribution in [0.4, 0.5) is 0 Å². The van der Waals surface area contributed by atoms with E-state index >= 15 is 0 Å². The fraction of sp³-hybridized carbons (Fsp3) is 0.227. The summed E-state index contributed by atoms with van der Waals surface area (Å²) >= 11 is 0. The summed E-state index contributed by atoms with van der Waals surface area (Å²) in [4.78, 5) is 0. The normalized spacial score (nSPS) is 11.6. The van der Waals surface area contributed by atoms with Crippen LogP contribution in [0, 0.1) is 6.08 Å². The molecule has 3 heteroatoms. The van der Waals surface area contributed by atoms with Crippen LogP contribution in [0.3, 0.4) is 0 Å². The molecule has 0 N–H and O–H groups in total. The van der Waals surface area contributed by atoms with Gasteiger partial charge >= 0.3 is 25.8 Å². The van der Waals surface area contributed by atoms with E-state index in [2.05, 4.69) is 79.7 Å². The van der Waals surface area contributed by atoms with Crippen LogP contribution in [0.25, 0.3) is 21.5 Å². The molecular weight excluding hydrogens is 514 g/mol. The van der Waals surface area contributed by atoms with Crippen LogP contribution in [0.1, 0.15) is 32.6 Å². The van der Waals surface area contributed by atoms with Crippen LogP contribution < -0.4 is 24.8 Å². The summed E-state index contributed by atoms with van der Waals surface area (Å²) in [6.07, 6.45) is 12.5. The Balaban J connectivity index is 0.000000435. The van der Waals surface area contributed by atoms with Gasteiger partial charge in [0.1, 0.15) is 0 Å². The maximum Gasteiger partial charge on any atom is 4.00 e. The van der Waals surface area contributed by atoms with Crippen molar-refractivity contribution in [3.8, 4) is 0 Å². The summed E-state index contributed by atoms with van der Waals surface area (Å²) in [6.45, 7) is 2.22. The van der Waals surface area contributed by atoms with Crippen molar-refractivity contribution in [1.29, 1.82) is 0 Å². The van der Waals surface area contributed by atoms with E-state index < -0.39 is 0 Å². The number of halogens is 2. The van der Waals surface area contributed by atoms with Crippen molar-refractivity contribution in [2.24, 2.45) is 0 Å². The Morgan fingerprint density at radius 2 is 1.48 bits per heavy atom. The Morgan fingerprint density at radius 1 is 0.920 bits per heavy atom. The second-order valence-electron chi connectivity index (χ2n) is 5.73. The largest absolute Gasteiger partial charge is 4.00 e. The van der Waals surface area contributed by atoms with Gasteiger partial charge in [-0.3, -0.25) is 6.08 Å². The molecule has 3 aromatic carbocycles. The molecule has 128 valence electrons. The van der Waals surface area contributed by atoms with Gasteiger partial charge in [0.15, 0.2) is 0 Å². The van der Waals surface area contributed by atoms with E-state index in [9.17, 15) is 0 Å². The summed E-state index contributed by atoms with van der Waals surface area (Å²) in [7, 11) is 0. The molecule has 0 radical (unpaired) electrons. The molecule has 0 saturated heterocycles. The van der Waals surface area contributed by atoms with Crippen molar-refractivity contribution in [2.45, 2.75) is 32.6 Å². The molecular formula is C22H22Cl2Hf. The van der Waals surface area contributed by atoms with Crippen LogP contribution in [0.2, 0.25) is 0 Å². The van der Waals surface area contributed by atoms with Crippen LogP contribution in [-0.2, 0) is 25.8 Å². The third-order valence-electron chi connectivity index (χ3n) is 4.09.